The van der Waals surface area contributed by atoms with Gasteiger partial charge in [-0.1, -0.05) is 12.1 Å². The highest BCUT2D eigenvalue weighted by molar-refractivity contribution is 5.88. The Morgan fingerprint density at radius 2 is 2.07 bits per heavy atom. The highest BCUT2D eigenvalue weighted by Crippen LogP contribution is 2.23. The quantitative estimate of drug-likeness (QED) is 0.446. The molecule has 150 valence electrons. The van der Waals surface area contributed by atoms with E-state index in [1.165, 1.54) is 19.1 Å². The first-order chi connectivity index (χ1) is 13.9. The number of nitro groups is 1. The number of aliphatic hydroxyl groups excluding tert-OH is 1. The molecule has 9 heteroatoms. The maximum atomic E-state index is 11.0. The molecular formula is C20H20N4O5. The van der Waals surface area contributed by atoms with Crippen molar-refractivity contribution >= 4 is 17.3 Å². The van der Waals surface area contributed by atoms with E-state index in [0.29, 0.717) is 22.8 Å². The lowest BCUT2D eigenvalue weighted by atomic mass is 10.2. The van der Waals surface area contributed by atoms with Gasteiger partial charge in [-0.25, -0.2) is 4.98 Å². The number of nitrogens with zero attached hydrogens (tertiary/aromatic N) is 3. The van der Waals surface area contributed by atoms with Crippen molar-refractivity contribution in [1.82, 2.24) is 9.55 Å². The second-order valence-electron chi connectivity index (χ2n) is 6.38. The summed E-state index contributed by atoms with van der Waals surface area (Å²) in [5.74, 6) is 0.920. The Balaban J connectivity index is 1.61. The van der Waals surface area contributed by atoms with E-state index in [0.717, 1.165) is 0 Å². The molecule has 1 aromatic heterocycles. The van der Waals surface area contributed by atoms with Crippen molar-refractivity contribution in [3.63, 3.8) is 0 Å². The van der Waals surface area contributed by atoms with Crippen LogP contribution in [0.3, 0.4) is 0 Å². The first-order valence-corrected chi connectivity index (χ1v) is 8.87. The lowest BCUT2D eigenvalue weighted by Crippen LogP contribution is -2.23. The number of hydrogen-bond acceptors (Lipinski definition) is 6. The Labute approximate surface area is 166 Å². The molecule has 3 rings (SSSR count). The minimum absolute atomic E-state index is 0.0244. The monoisotopic (exact) mass is 396 g/mol. The average molecular weight is 396 g/mol. The van der Waals surface area contributed by atoms with E-state index in [1.807, 2.05) is 0 Å². The molecule has 0 radical (unpaired) electrons. The molecule has 0 bridgehead atoms. The maximum Gasteiger partial charge on any atom is 0.270 e. The fraction of sp³-hybridized carbons (Fsp3) is 0.200. The number of non-ortho nitro benzene ring substituents is 1. The topological polar surface area (TPSA) is 120 Å². The molecule has 0 aliphatic heterocycles. The van der Waals surface area contributed by atoms with Crippen LogP contribution in [0.25, 0.3) is 11.4 Å². The van der Waals surface area contributed by atoms with Gasteiger partial charge in [0.15, 0.2) is 0 Å². The van der Waals surface area contributed by atoms with Gasteiger partial charge in [0.05, 0.1) is 11.5 Å². The number of nitro benzene ring substituents is 1. The zero-order valence-corrected chi connectivity index (χ0v) is 15.7. The summed E-state index contributed by atoms with van der Waals surface area (Å²) in [4.78, 5) is 25.8. The predicted molar refractivity (Wildman–Crippen MR) is 107 cm³/mol. The van der Waals surface area contributed by atoms with Crippen LogP contribution in [0.1, 0.15) is 6.92 Å². The molecule has 0 aliphatic carbocycles. The van der Waals surface area contributed by atoms with E-state index in [9.17, 15) is 20.0 Å². The highest BCUT2D eigenvalue weighted by atomic mass is 16.6. The number of hydrogen-bond donors (Lipinski definition) is 2. The molecule has 0 unspecified atom stereocenters. The van der Waals surface area contributed by atoms with E-state index in [2.05, 4.69) is 10.3 Å². The summed E-state index contributed by atoms with van der Waals surface area (Å²) in [5.41, 5.74) is 1.22. The van der Waals surface area contributed by atoms with Gasteiger partial charge in [-0.3, -0.25) is 14.9 Å². The van der Waals surface area contributed by atoms with Gasteiger partial charge in [0.25, 0.3) is 5.69 Å². The number of rotatable bonds is 8. The minimum atomic E-state index is -0.823. The SMILES string of the molecule is CC(=O)Nc1ccc(OC[C@H](O)Cn2ccnc2-c2cccc([N+](=O)[O-])c2)cc1. The number of carbonyl (C=O) groups is 1. The summed E-state index contributed by atoms with van der Waals surface area (Å²) in [6, 6.07) is 13.0. The molecule has 0 fully saturated rings. The van der Waals surface area contributed by atoms with Crippen molar-refractivity contribution in [2.75, 3.05) is 11.9 Å². The van der Waals surface area contributed by atoms with Crippen molar-refractivity contribution in [2.45, 2.75) is 19.6 Å². The van der Waals surface area contributed by atoms with Crippen LogP contribution in [0.15, 0.2) is 60.9 Å². The summed E-state index contributed by atoms with van der Waals surface area (Å²) >= 11 is 0. The second-order valence-corrected chi connectivity index (χ2v) is 6.38. The Hall–Kier alpha value is -3.72. The summed E-state index contributed by atoms with van der Waals surface area (Å²) in [5, 5.41) is 24.0. The van der Waals surface area contributed by atoms with Crippen molar-refractivity contribution in [1.29, 1.82) is 0 Å². The molecule has 9 nitrogen and oxygen atoms in total. The number of anilines is 1. The van der Waals surface area contributed by atoms with Crippen LogP contribution < -0.4 is 10.1 Å². The third-order valence-corrected chi connectivity index (χ3v) is 4.06. The molecular weight excluding hydrogens is 376 g/mol. The molecule has 0 aliphatic rings. The number of aliphatic hydroxyl groups is 1. The van der Waals surface area contributed by atoms with E-state index in [-0.39, 0.29) is 24.7 Å². The number of ether oxygens (including phenoxy) is 1. The van der Waals surface area contributed by atoms with Gasteiger partial charge in [-0.2, -0.15) is 0 Å². The van der Waals surface area contributed by atoms with Crippen molar-refractivity contribution in [3.05, 3.63) is 71.0 Å². The maximum absolute atomic E-state index is 11.0. The zero-order valence-electron chi connectivity index (χ0n) is 15.7. The zero-order chi connectivity index (χ0) is 20.8. The van der Waals surface area contributed by atoms with Gasteiger partial charge in [0, 0.05) is 42.7 Å². The number of carbonyl (C=O) groups excluding carboxylic acids is 1. The molecule has 1 amide bonds. The molecule has 0 saturated carbocycles. The van der Waals surface area contributed by atoms with Gasteiger partial charge in [-0.15, -0.1) is 0 Å². The van der Waals surface area contributed by atoms with Crippen LogP contribution in [0.4, 0.5) is 11.4 Å². The summed E-state index contributed by atoms with van der Waals surface area (Å²) in [7, 11) is 0. The lowest BCUT2D eigenvalue weighted by molar-refractivity contribution is -0.384. The van der Waals surface area contributed by atoms with Crippen LogP contribution in [0, 0.1) is 10.1 Å². The van der Waals surface area contributed by atoms with E-state index < -0.39 is 11.0 Å². The Kier molecular flexibility index (Phi) is 6.20. The normalized spacial score (nSPS) is 11.7. The molecule has 0 saturated heterocycles. The molecule has 0 spiro atoms. The van der Waals surface area contributed by atoms with Gasteiger partial charge >= 0.3 is 0 Å². The Morgan fingerprint density at radius 1 is 1.31 bits per heavy atom. The van der Waals surface area contributed by atoms with Gasteiger partial charge in [0.2, 0.25) is 5.91 Å². The van der Waals surface area contributed by atoms with Gasteiger partial charge in [-0.05, 0) is 24.3 Å². The van der Waals surface area contributed by atoms with E-state index in [1.54, 1.807) is 53.4 Å². The van der Waals surface area contributed by atoms with E-state index in [4.69, 9.17) is 4.74 Å². The van der Waals surface area contributed by atoms with Crippen LogP contribution in [-0.4, -0.2) is 38.2 Å². The lowest BCUT2D eigenvalue weighted by Gasteiger charge is -2.15. The van der Waals surface area contributed by atoms with E-state index >= 15 is 0 Å². The summed E-state index contributed by atoms with van der Waals surface area (Å²) < 4.78 is 7.30. The summed E-state index contributed by atoms with van der Waals surface area (Å²) in [6.45, 7) is 1.69. The number of aromatic nitrogens is 2. The number of imidazole rings is 1. The highest BCUT2D eigenvalue weighted by Gasteiger charge is 2.14. The molecule has 1 atom stereocenters. The fourth-order valence-corrected chi connectivity index (χ4v) is 2.79. The largest absolute Gasteiger partial charge is 0.491 e. The van der Waals surface area contributed by atoms with Gasteiger partial charge < -0.3 is 19.7 Å². The molecule has 2 N–H and O–H groups in total. The molecule has 2 aromatic carbocycles. The first kappa shape index (κ1) is 20.0. The fourth-order valence-electron chi connectivity index (χ4n) is 2.79. The minimum Gasteiger partial charge on any atom is -0.491 e. The third-order valence-electron chi connectivity index (χ3n) is 4.06. The molecule has 3 aromatic rings. The molecule has 29 heavy (non-hydrogen) atoms. The number of benzene rings is 2. The third kappa shape index (κ3) is 5.39. The van der Waals surface area contributed by atoms with Crippen LogP contribution in [0.5, 0.6) is 5.75 Å². The van der Waals surface area contributed by atoms with Crippen LogP contribution >= 0.6 is 0 Å². The van der Waals surface area contributed by atoms with Crippen LogP contribution in [-0.2, 0) is 11.3 Å². The van der Waals surface area contributed by atoms with Crippen molar-refractivity contribution < 1.29 is 19.6 Å². The first-order valence-electron chi connectivity index (χ1n) is 8.87. The van der Waals surface area contributed by atoms with Crippen molar-refractivity contribution in [2.24, 2.45) is 0 Å². The van der Waals surface area contributed by atoms with Crippen molar-refractivity contribution in [3.8, 4) is 17.1 Å². The number of nitrogens with one attached hydrogen (secondary N) is 1. The average Bonchev–Trinajstić information content (AvgIpc) is 3.15. The summed E-state index contributed by atoms with van der Waals surface area (Å²) in [6.07, 6.45) is 2.44. The number of amides is 1. The smallest absolute Gasteiger partial charge is 0.270 e. The van der Waals surface area contributed by atoms with Gasteiger partial charge in [0.1, 0.15) is 24.3 Å². The standard InChI is InChI=1S/C20H20N4O5/c1-14(25)22-16-5-7-19(8-6-16)29-13-18(26)12-23-10-9-21-20(23)15-3-2-4-17(11-15)24(27)28/h2-11,18,26H,12-13H2,1H3,(H,22,25)/t18-/m1/s1. The van der Waals surface area contributed by atoms with Crippen LogP contribution in [0.2, 0.25) is 0 Å². The molecule has 1 heterocycles. The second kappa shape index (κ2) is 8.98. The Bertz CT molecular complexity index is 1000. The Morgan fingerprint density at radius 3 is 2.76 bits per heavy atom. The predicted octanol–water partition coefficient (Wildman–Crippen LogP) is 2.86.